The molecule has 10 heteroatoms. The van der Waals surface area contributed by atoms with Crippen molar-refractivity contribution in [3.63, 3.8) is 0 Å². The lowest BCUT2D eigenvalue weighted by Crippen LogP contribution is -2.36. The van der Waals surface area contributed by atoms with E-state index in [2.05, 4.69) is 39.7 Å². The number of aromatic nitrogens is 4. The minimum Gasteiger partial charge on any atom is -0.306 e. The molecule has 28 heavy (non-hydrogen) atoms. The minimum absolute atomic E-state index is 0.193. The summed E-state index contributed by atoms with van der Waals surface area (Å²) in [6.07, 6.45) is 0. The van der Waals surface area contributed by atoms with E-state index in [1.165, 1.54) is 17.1 Å². The fourth-order valence-electron chi connectivity index (χ4n) is 2.96. The number of aryl methyl sites for hydroxylation is 2. The maximum atomic E-state index is 12.5. The van der Waals surface area contributed by atoms with Gasteiger partial charge in [-0.1, -0.05) is 37.0 Å². The molecule has 0 saturated carbocycles. The third kappa shape index (κ3) is 4.13. The van der Waals surface area contributed by atoms with Crippen molar-refractivity contribution < 1.29 is 4.79 Å². The molecule has 0 aliphatic heterocycles. The molecule has 0 saturated heterocycles. The molecule has 148 valence electrons. The lowest BCUT2D eigenvalue weighted by atomic mass is 10.00. The van der Waals surface area contributed by atoms with E-state index in [1.54, 1.807) is 11.7 Å². The number of urea groups is 1. The molecular weight excluding hydrogens is 401 g/mol. The van der Waals surface area contributed by atoms with Gasteiger partial charge >= 0.3 is 6.03 Å². The number of amides is 2. The van der Waals surface area contributed by atoms with E-state index >= 15 is 0 Å². The number of pyridine rings is 2. The molecule has 2 amide bonds. The smallest absolute Gasteiger partial charge is 0.306 e. The van der Waals surface area contributed by atoms with Gasteiger partial charge in [-0.15, -0.1) is 0 Å². The molecule has 0 bridgehead atoms. The van der Waals surface area contributed by atoms with Crippen molar-refractivity contribution in [2.75, 3.05) is 17.8 Å². The highest BCUT2D eigenvalue weighted by atomic mass is 35.5. The highest BCUT2D eigenvalue weighted by molar-refractivity contribution is 6.33. The van der Waals surface area contributed by atoms with Crippen LogP contribution in [0.5, 0.6) is 0 Å². The van der Waals surface area contributed by atoms with E-state index in [9.17, 15) is 4.79 Å². The molecular formula is C18H21Cl2N7O. The Morgan fingerprint density at radius 1 is 1.18 bits per heavy atom. The molecule has 3 rings (SSSR count). The largest absolute Gasteiger partial charge is 0.340 e. The lowest BCUT2D eigenvalue weighted by Gasteiger charge is -2.20. The minimum atomic E-state index is -0.410. The average Bonchev–Trinajstić information content (AvgIpc) is 2.87. The van der Waals surface area contributed by atoms with E-state index in [4.69, 9.17) is 23.2 Å². The second-order valence-electron chi connectivity index (χ2n) is 6.76. The molecule has 3 aromatic heterocycles. The summed E-state index contributed by atoms with van der Waals surface area (Å²) in [6, 6.07) is 4.55. The summed E-state index contributed by atoms with van der Waals surface area (Å²) in [4.78, 5) is 21.0. The monoisotopic (exact) mass is 421 g/mol. The number of rotatable bonds is 4. The van der Waals surface area contributed by atoms with Gasteiger partial charge in [0.1, 0.15) is 16.1 Å². The van der Waals surface area contributed by atoms with Crippen molar-refractivity contribution in [2.24, 2.45) is 7.05 Å². The summed E-state index contributed by atoms with van der Waals surface area (Å²) >= 11 is 11.7. The summed E-state index contributed by atoms with van der Waals surface area (Å²) in [6.45, 7) is 6.18. The van der Waals surface area contributed by atoms with Gasteiger partial charge in [-0.05, 0) is 36.6 Å². The summed E-state index contributed by atoms with van der Waals surface area (Å²) in [5.41, 5.74) is 6.24. The normalized spacial score (nSPS) is 11.1. The van der Waals surface area contributed by atoms with Crippen LogP contribution in [0, 0.1) is 6.92 Å². The molecule has 2 N–H and O–H groups in total. The zero-order valence-electron chi connectivity index (χ0n) is 16.2. The maximum absolute atomic E-state index is 12.5. The van der Waals surface area contributed by atoms with Crippen LogP contribution >= 0.6 is 23.2 Å². The van der Waals surface area contributed by atoms with Crippen molar-refractivity contribution in [3.8, 4) is 0 Å². The fourth-order valence-corrected chi connectivity index (χ4v) is 3.42. The summed E-state index contributed by atoms with van der Waals surface area (Å²) in [5.74, 6) is 0.817. The van der Waals surface area contributed by atoms with Crippen molar-refractivity contribution in [1.82, 2.24) is 24.8 Å². The molecule has 0 fully saturated rings. The number of nitrogens with one attached hydrogen (secondary N) is 2. The second-order valence-corrected chi connectivity index (χ2v) is 7.54. The molecule has 0 aromatic carbocycles. The van der Waals surface area contributed by atoms with Crippen LogP contribution in [0.25, 0.3) is 11.0 Å². The second kappa shape index (κ2) is 7.81. The zero-order chi connectivity index (χ0) is 20.6. The number of halogens is 2. The van der Waals surface area contributed by atoms with Gasteiger partial charge in [0.2, 0.25) is 0 Å². The Bertz CT molecular complexity index is 1030. The topological polar surface area (TPSA) is 88.0 Å². The van der Waals surface area contributed by atoms with Gasteiger partial charge in [-0.25, -0.2) is 19.8 Å². The van der Waals surface area contributed by atoms with Crippen LogP contribution in [0.2, 0.25) is 10.3 Å². The van der Waals surface area contributed by atoms with Crippen LogP contribution in [0.4, 0.5) is 16.3 Å². The molecule has 0 unspecified atom stereocenters. The van der Waals surface area contributed by atoms with Crippen molar-refractivity contribution in [1.29, 1.82) is 0 Å². The van der Waals surface area contributed by atoms with E-state index < -0.39 is 6.03 Å². The Hall–Kier alpha value is -2.58. The number of fused-ring (bicyclic) bond motifs is 1. The number of hydrazine groups is 1. The van der Waals surface area contributed by atoms with Crippen molar-refractivity contribution in [2.45, 2.75) is 26.7 Å². The SMILES string of the molecule is Cc1nn(C)c2nc(NN(C)C(=O)Nc3cc(Cl)nc(Cl)c3)cc(C(C)C)c12. The van der Waals surface area contributed by atoms with Crippen LogP contribution in [0.3, 0.4) is 0 Å². The molecule has 0 atom stereocenters. The van der Waals surface area contributed by atoms with E-state index in [-0.39, 0.29) is 16.2 Å². The first-order chi connectivity index (χ1) is 13.2. The van der Waals surface area contributed by atoms with Gasteiger partial charge < -0.3 is 5.32 Å². The van der Waals surface area contributed by atoms with Gasteiger partial charge in [0.25, 0.3) is 0 Å². The quantitative estimate of drug-likeness (QED) is 0.474. The molecule has 8 nitrogen and oxygen atoms in total. The highest BCUT2D eigenvalue weighted by Gasteiger charge is 2.17. The number of hydrogen-bond donors (Lipinski definition) is 2. The number of carbonyl (C=O) groups excluding carboxylic acids is 1. The molecule has 3 heterocycles. The molecule has 0 spiro atoms. The van der Waals surface area contributed by atoms with E-state index in [1.807, 2.05) is 20.0 Å². The van der Waals surface area contributed by atoms with Crippen molar-refractivity contribution >= 4 is 51.8 Å². The van der Waals surface area contributed by atoms with Gasteiger partial charge in [0, 0.05) is 25.2 Å². The first kappa shape index (κ1) is 20.2. The number of nitrogens with zero attached hydrogens (tertiary/aromatic N) is 5. The molecule has 0 aliphatic carbocycles. The van der Waals surface area contributed by atoms with Crippen LogP contribution in [-0.2, 0) is 7.05 Å². The first-order valence-electron chi connectivity index (χ1n) is 8.64. The number of anilines is 2. The Morgan fingerprint density at radius 2 is 1.82 bits per heavy atom. The summed E-state index contributed by atoms with van der Waals surface area (Å²) in [5, 5.41) is 9.89. The predicted molar refractivity (Wildman–Crippen MR) is 112 cm³/mol. The van der Waals surface area contributed by atoms with Gasteiger partial charge in [0.15, 0.2) is 5.65 Å². The van der Waals surface area contributed by atoms with Crippen LogP contribution in [-0.4, -0.2) is 37.8 Å². The molecule has 0 aliphatic rings. The maximum Gasteiger partial charge on any atom is 0.340 e. The number of carbonyl (C=O) groups is 1. The first-order valence-corrected chi connectivity index (χ1v) is 9.40. The third-order valence-corrected chi connectivity index (χ3v) is 4.61. The fraction of sp³-hybridized carbons (Fsp3) is 0.333. The van der Waals surface area contributed by atoms with Gasteiger partial charge in [-0.2, -0.15) is 5.10 Å². The molecule has 3 aromatic rings. The van der Waals surface area contributed by atoms with Crippen LogP contribution < -0.4 is 10.7 Å². The lowest BCUT2D eigenvalue weighted by molar-refractivity contribution is 0.230. The number of hydrogen-bond acceptors (Lipinski definition) is 5. The standard InChI is InChI=1S/C18H21Cl2N7O/c1-9(2)12-8-15(23-17-16(12)10(3)24-26(17)4)25-27(5)18(28)21-11-6-13(19)22-14(20)7-11/h6-9H,1-5H3,(H,23,25)(H,21,22,28). The predicted octanol–water partition coefficient (Wildman–Crippen LogP) is 4.59. The summed E-state index contributed by atoms with van der Waals surface area (Å²) in [7, 11) is 3.44. The van der Waals surface area contributed by atoms with E-state index in [0.29, 0.717) is 11.5 Å². The van der Waals surface area contributed by atoms with Gasteiger partial charge in [0.05, 0.1) is 5.69 Å². The van der Waals surface area contributed by atoms with Crippen LogP contribution in [0.15, 0.2) is 18.2 Å². The zero-order valence-corrected chi connectivity index (χ0v) is 17.7. The Kier molecular flexibility index (Phi) is 5.62. The highest BCUT2D eigenvalue weighted by Crippen LogP contribution is 2.29. The van der Waals surface area contributed by atoms with Crippen molar-refractivity contribution in [3.05, 3.63) is 39.8 Å². The van der Waals surface area contributed by atoms with Crippen LogP contribution in [0.1, 0.15) is 31.0 Å². The van der Waals surface area contributed by atoms with E-state index in [0.717, 1.165) is 22.3 Å². The summed E-state index contributed by atoms with van der Waals surface area (Å²) < 4.78 is 1.74. The average molecular weight is 422 g/mol. The Morgan fingerprint density at radius 3 is 2.43 bits per heavy atom. The van der Waals surface area contributed by atoms with Gasteiger partial charge in [-0.3, -0.25) is 10.1 Å². The third-order valence-electron chi connectivity index (χ3n) is 4.22. The Balaban J connectivity index is 1.85. The Labute approximate surface area is 172 Å². The molecule has 0 radical (unpaired) electrons.